The highest BCUT2D eigenvalue weighted by Crippen LogP contribution is 2.40. The number of aliphatic hydroxyl groups is 4. The number of aliphatic imine (C=N–C) groups is 1. The number of nitrogens with zero attached hydrogens (tertiary/aromatic N) is 2. The molecule has 17 nitrogen and oxygen atoms in total. The number of benzene rings is 3. The van der Waals surface area contributed by atoms with Crippen LogP contribution in [0.4, 0.5) is 0 Å². The summed E-state index contributed by atoms with van der Waals surface area (Å²) in [5.74, 6) is -5.28. The highest BCUT2D eigenvalue weighted by molar-refractivity contribution is 5.95. The number of carboxylic acid groups (broad SMARTS) is 1. The van der Waals surface area contributed by atoms with Crippen LogP contribution in [0.5, 0.6) is 11.5 Å². The van der Waals surface area contributed by atoms with Crippen LogP contribution in [0.3, 0.4) is 0 Å². The Bertz CT molecular complexity index is 2460. The Kier molecular flexibility index (Phi) is 11.8. The third-order valence-corrected chi connectivity index (χ3v) is 11.3. The highest BCUT2D eigenvalue weighted by atomic mass is 16.8. The summed E-state index contributed by atoms with van der Waals surface area (Å²) in [5.41, 5.74) is 5.23. The number of ether oxygens (including phenoxy) is 3. The second-order valence-electron chi connectivity index (χ2n) is 15.6. The molecule has 61 heavy (non-hydrogen) atoms. The first-order valence-corrected chi connectivity index (χ1v) is 19.8. The van der Waals surface area contributed by atoms with Crippen LogP contribution < -0.4 is 15.5 Å². The zero-order chi connectivity index (χ0) is 43.1. The number of hydrogen-bond donors (Lipinski definition) is 7. The molecule has 4 aliphatic heterocycles. The molecule has 5 heterocycles. The lowest BCUT2D eigenvalue weighted by molar-refractivity contribution is -0.344. The first kappa shape index (κ1) is 41.8. The minimum Gasteiger partial charge on any atom is -0.508 e. The summed E-state index contributed by atoms with van der Waals surface area (Å²) in [6, 6.07) is 15.2. The maximum Gasteiger partial charge on any atom is 0.324 e. The van der Waals surface area contributed by atoms with Crippen molar-refractivity contribution in [2.45, 2.75) is 69.7 Å². The van der Waals surface area contributed by atoms with Crippen LogP contribution in [0.15, 0.2) is 98.5 Å². The summed E-state index contributed by atoms with van der Waals surface area (Å²) in [7, 11) is 0. The standard InChI is InChI=1S/C44H45N3O14/c1-21-14-22(2)16-26(15-21)35-34-24(11-13-46-34)18-47(35)61-40-38(52)37(51)39(43(56)60-42(55)32(41(53)54)33-25(19-48)4-3-12-45-33)59-44(40)58-28-9-10-29-31(17-28)57-20-30(36(29)50)23-5-7-27(49)8-6-23/h5-11,13-17,20,25,32-33,37-40,43-45,48-49,51-52,56H,3-4,12,18-19H2,1-2H3,(H,53,54). The molecule has 9 unspecified atom stereocenters. The Labute approximate surface area is 348 Å². The lowest BCUT2D eigenvalue weighted by Crippen LogP contribution is -2.64. The van der Waals surface area contributed by atoms with Gasteiger partial charge in [0, 0.05) is 36.1 Å². The van der Waals surface area contributed by atoms with Gasteiger partial charge in [0.15, 0.2) is 23.6 Å². The fraction of sp³-hybridized carbons (Fsp3) is 0.364. The van der Waals surface area contributed by atoms with E-state index in [1.165, 1.54) is 41.7 Å². The number of aromatic hydroxyl groups is 1. The lowest BCUT2D eigenvalue weighted by Gasteiger charge is -2.44. The number of phenols is 1. The van der Waals surface area contributed by atoms with Crippen molar-refractivity contribution in [2.75, 3.05) is 19.7 Å². The average molecular weight is 840 g/mol. The molecule has 0 radical (unpaired) electrons. The SMILES string of the molecule is Cc1cc(C)cc(C2=C3N=CC=C3CN2OC2C(Oc3ccc4c(=O)c(-c5ccc(O)cc5)coc4c3)OC(C(O)OC(=O)C(C(=O)O)C3NCCCC3CO)C(O)C2O)c1. The predicted octanol–water partition coefficient (Wildman–Crippen LogP) is 2.53. The van der Waals surface area contributed by atoms with E-state index in [0.717, 1.165) is 22.3 Å². The Balaban J connectivity index is 1.11. The average Bonchev–Trinajstić information content (AvgIpc) is 3.82. The molecule has 2 fully saturated rings. The summed E-state index contributed by atoms with van der Waals surface area (Å²) in [5, 5.41) is 68.9. The van der Waals surface area contributed by atoms with Gasteiger partial charge in [0.05, 0.1) is 28.9 Å². The molecule has 2 saturated heterocycles. The number of phenolic OH excluding ortho intramolecular Hbond substituents is 1. The predicted molar refractivity (Wildman–Crippen MR) is 217 cm³/mol. The van der Waals surface area contributed by atoms with Crippen LogP contribution >= 0.6 is 0 Å². The van der Waals surface area contributed by atoms with E-state index in [-0.39, 0.29) is 40.0 Å². The molecule has 4 aromatic rings. The van der Waals surface area contributed by atoms with Crippen LogP contribution in [0.25, 0.3) is 27.8 Å². The third kappa shape index (κ3) is 8.28. The van der Waals surface area contributed by atoms with Gasteiger partial charge in [-0.15, -0.1) is 0 Å². The maximum atomic E-state index is 13.5. The van der Waals surface area contributed by atoms with Gasteiger partial charge < -0.3 is 54.6 Å². The number of nitrogens with one attached hydrogen (secondary N) is 1. The molecule has 0 bridgehead atoms. The number of carboxylic acids is 1. The molecule has 3 aromatic carbocycles. The Morgan fingerprint density at radius 3 is 2.49 bits per heavy atom. The van der Waals surface area contributed by atoms with Crippen molar-refractivity contribution >= 4 is 34.8 Å². The number of hydroxylamine groups is 2. The number of rotatable bonds is 12. The number of hydrogen-bond acceptors (Lipinski definition) is 16. The Hall–Kier alpha value is -5.92. The number of piperidine rings is 1. The number of allylic oxidation sites excluding steroid dienone is 1. The van der Waals surface area contributed by atoms with E-state index in [9.17, 15) is 45.0 Å². The van der Waals surface area contributed by atoms with Gasteiger partial charge in [0.1, 0.15) is 35.6 Å². The van der Waals surface area contributed by atoms with Crippen LogP contribution in [0.1, 0.15) is 29.5 Å². The quantitative estimate of drug-likeness (QED) is 0.0615. The number of aliphatic carboxylic acids is 1. The first-order valence-electron chi connectivity index (χ1n) is 19.8. The molecular weight excluding hydrogens is 794 g/mol. The van der Waals surface area contributed by atoms with Gasteiger partial charge in [0.25, 0.3) is 0 Å². The van der Waals surface area contributed by atoms with Crippen molar-refractivity contribution in [2.24, 2.45) is 16.8 Å². The summed E-state index contributed by atoms with van der Waals surface area (Å²) >= 11 is 0. The largest absolute Gasteiger partial charge is 0.508 e. The minimum absolute atomic E-state index is 0.0298. The van der Waals surface area contributed by atoms with E-state index < -0.39 is 73.4 Å². The van der Waals surface area contributed by atoms with E-state index in [4.69, 9.17) is 23.5 Å². The van der Waals surface area contributed by atoms with Gasteiger partial charge in [-0.2, -0.15) is 0 Å². The van der Waals surface area contributed by atoms with E-state index >= 15 is 0 Å². The molecule has 0 aliphatic carbocycles. The molecule has 4 aliphatic rings. The van der Waals surface area contributed by atoms with Gasteiger partial charge in [0.2, 0.25) is 12.6 Å². The first-order chi connectivity index (χ1) is 29.3. The van der Waals surface area contributed by atoms with Gasteiger partial charge >= 0.3 is 11.9 Å². The van der Waals surface area contributed by atoms with E-state index in [1.807, 2.05) is 38.1 Å². The smallest absolute Gasteiger partial charge is 0.324 e. The van der Waals surface area contributed by atoms with Crippen LogP contribution in [0.2, 0.25) is 0 Å². The zero-order valence-corrected chi connectivity index (χ0v) is 33.1. The summed E-state index contributed by atoms with van der Waals surface area (Å²) in [4.78, 5) is 50.4. The van der Waals surface area contributed by atoms with Gasteiger partial charge in [-0.3, -0.25) is 24.2 Å². The van der Waals surface area contributed by atoms with Crippen molar-refractivity contribution in [3.63, 3.8) is 0 Å². The van der Waals surface area contributed by atoms with E-state index in [2.05, 4.69) is 10.3 Å². The van der Waals surface area contributed by atoms with Crippen molar-refractivity contribution in [1.82, 2.24) is 10.4 Å². The fourth-order valence-electron chi connectivity index (χ4n) is 8.38. The van der Waals surface area contributed by atoms with Gasteiger partial charge in [-0.25, -0.2) is 5.06 Å². The minimum atomic E-state index is -2.33. The molecule has 9 atom stereocenters. The summed E-state index contributed by atoms with van der Waals surface area (Å²) in [6.45, 7) is 4.07. The fourth-order valence-corrected chi connectivity index (χ4v) is 8.38. The van der Waals surface area contributed by atoms with Crippen molar-refractivity contribution in [3.8, 4) is 22.6 Å². The van der Waals surface area contributed by atoms with E-state index in [1.54, 1.807) is 18.3 Å². The number of carbonyl (C=O) groups excluding carboxylic acids is 1. The third-order valence-electron chi connectivity index (χ3n) is 11.3. The Morgan fingerprint density at radius 1 is 1.02 bits per heavy atom. The lowest BCUT2D eigenvalue weighted by atomic mass is 9.83. The van der Waals surface area contributed by atoms with E-state index in [0.29, 0.717) is 36.3 Å². The number of esters is 1. The molecule has 8 rings (SSSR count). The molecular formula is C44H45N3O14. The van der Waals surface area contributed by atoms with Crippen LogP contribution in [0, 0.1) is 25.7 Å². The van der Waals surface area contributed by atoms with Crippen LogP contribution in [-0.4, -0.2) is 117 Å². The van der Waals surface area contributed by atoms with Gasteiger partial charge in [-0.1, -0.05) is 29.3 Å². The zero-order valence-electron chi connectivity index (χ0n) is 33.1. The number of aryl methyl sites for hydroxylation is 2. The second-order valence-corrected chi connectivity index (χ2v) is 15.6. The van der Waals surface area contributed by atoms with Crippen LogP contribution in [-0.2, 0) is 23.9 Å². The molecule has 0 saturated carbocycles. The normalized spacial score (nSPS) is 25.9. The topological polar surface area (TPSA) is 250 Å². The number of fused-ring (bicyclic) bond motifs is 2. The summed E-state index contributed by atoms with van der Waals surface area (Å²) in [6.07, 6.45) is -5.46. The van der Waals surface area contributed by atoms with Gasteiger partial charge in [-0.05, 0) is 87.2 Å². The van der Waals surface area contributed by atoms with Crippen molar-refractivity contribution in [1.29, 1.82) is 0 Å². The Morgan fingerprint density at radius 2 is 1.77 bits per heavy atom. The number of carbonyl (C=O) groups is 2. The van der Waals surface area contributed by atoms with Crippen molar-refractivity contribution < 1.29 is 63.7 Å². The number of aliphatic hydroxyl groups excluding tert-OH is 4. The molecule has 0 spiro atoms. The molecule has 7 N–H and O–H groups in total. The molecule has 1 aromatic heterocycles. The molecule has 0 amide bonds. The molecule has 17 heteroatoms. The maximum absolute atomic E-state index is 13.5. The highest BCUT2D eigenvalue weighted by Gasteiger charge is 2.53. The summed E-state index contributed by atoms with van der Waals surface area (Å²) < 4.78 is 23.4. The second kappa shape index (κ2) is 17.2. The van der Waals surface area contributed by atoms with Crippen molar-refractivity contribution in [3.05, 3.63) is 111 Å². The molecule has 320 valence electrons. The monoisotopic (exact) mass is 839 g/mol.